The number of aromatic nitrogens is 2. The lowest BCUT2D eigenvalue weighted by molar-refractivity contribution is 0.540. The van der Waals surface area contributed by atoms with Gasteiger partial charge in [0, 0.05) is 5.69 Å². The molecule has 0 N–H and O–H groups in total. The molecular weight excluding hydrogens is 212 g/mol. The van der Waals surface area contributed by atoms with Crippen LogP contribution in [0.5, 0.6) is 0 Å². The van der Waals surface area contributed by atoms with Gasteiger partial charge in [0.2, 0.25) is 5.89 Å². The third-order valence-electron chi connectivity index (χ3n) is 2.25. The first-order chi connectivity index (χ1) is 7.08. The number of oxazole rings is 1. The molecule has 2 rings (SSSR count). The van der Waals surface area contributed by atoms with Crippen molar-refractivity contribution in [2.75, 3.05) is 0 Å². The van der Waals surface area contributed by atoms with E-state index < -0.39 is 0 Å². The predicted octanol–water partition coefficient (Wildman–Crippen LogP) is 3.32. The minimum atomic E-state index is 0.427. The summed E-state index contributed by atoms with van der Waals surface area (Å²) in [5, 5.41) is 0.427. The van der Waals surface area contributed by atoms with Gasteiger partial charge in [-0.05, 0) is 32.9 Å². The Morgan fingerprint density at radius 1 is 1.13 bits per heavy atom. The molecule has 0 aliphatic heterocycles. The summed E-state index contributed by atoms with van der Waals surface area (Å²) in [6.45, 7) is 5.67. The van der Waals surface area contributed by atoms with Crippen molar-refractivity contribution >= 4 is 11.6 Å². The van der Waals surface area contributed by atoms with Crippen LogP contribution in [0.2, 0.25) is 5.15 Å². The molecule has 15 heavy (non-hydrogen) atoms. The first-order valence-electron chi connectivity index (χ1n) is 4.65. The fraction of sp³-hybridized carbons (Fsp3) is 0.273. The van der Waals surface area contributed by atoms with E-state index in [0.717, 1.165) is 22.7 Å². The van der Waals surface area contributed by atoms with Crippen molar-refractivity contribution in [2.45, 2.75) is 20.8 Å². The van der Waals surface area contributed by atoms with Gasteiger partial charge in [-0.2, -0.15) is 0 Å². The summed E-state index contributed by atoms with van der Waals surface area (Å²) in [4.78, 5) is 8.43. The number of aryl methyl sites for hydroxylation is 3. The summed E-state index contributed by atoms with van der Waals surface area (Å²) < 4.78 is 5.49. The standard InChI is InChI=1S/C11H11ClN2O/c1-6-4-5-9(10(12)13-6)11-14-7(2)8(3)15-11/h4-5H,1-3H3. The van der Waals surface area contributed by atoms with E-state index in [1.54, 1.807) is 0 Å². The minimum absolute atomic E-state index is 0.427. The summed E-state index contributed by atoms with van der Waals surface area (Å²) in [5.41, 5.74) is 2.49. The van der Waals surface area contributed by atoms with E-state index in [-0.39, 0.29) is 0 Å². The Morgan fingerprint density at radius 2 is 1.87 bits per heavy atom. The largest absolute Gasteiger partial charge is 0.441 e. The number of hydrogen-bond donors (Lipinski definition) is 0. The van der Waals surface area contributed by atoms with Crippen molar-refractivity contribution in [1.29, 1.82) is 0 Å². The Morgan fingerprint density at radius 3 is 2.40 bits per heavy atom. The molecule has 0 bridgehead atoms. The van der Waals surface area contributed by atoms with Gasteiger partial charge in [0.05, 0.1) is 11.3 Å². The molecule has 0 fully saturated rings. The highest BCUT2D eigenvalue weighted by atomic mass is 35.5. The van der Waals surface area contributed by atoms with Crippen LogP contribution in [0.3, 0.4) is 0 Å². The second-order valence-corrected chi connectivity index (χ2v) is 3.81. The average molecular weight is 223 g/mol. The van der Waals surface area contributed by atoms with Crippen molar-refractivity contribution in [2.24, 2.45) is 0 Å². The van der Waals surface area contributed by atoms with E-state index in [2.05, 4.69) is 9.97 Å². The van der Waals surface area contributed by atoms with Crippen molar-refractivity contribution in [3.8, 4) is 11.5 Å². The van der Waals surface area contributed by atoms with Crippen LogP contribution >= 0.6 is 11.6 Å². The Kier molecular flexibility index (Phi) is 2.49. The molecule has 0 aromatic carbocycles. The van der Waals surface area contributed by atoms with Gasteiger partial charge < -0.3 is 4.42 Å². The van der Waals surface area contributed by atoms with Crippen LogP contribution in [0.4, 0.5) is 0 Å². The normalized spacial score (nSPS) is 10.7. The molecule has 0 spiro atoms. The molecular formula is C11H11ClN2O. The van der Waals surface area contributed by atoms with Crippen molar-refractivity contribution in [3.63, 3.8) is 0 Å². The molecule has 0 aliphatic rings. The van der Waals surface area contributed by atoms with Crippen LogP contribution in [-0.2, 0) is 0 Å². The molecule has 2 aromatic rings. The van der Waals surface area contributed by atoms with Crippen LogP contribution in [0.15, 0.2) is 16.5 Å². The fourth-order valence-corrected chi connectivity index (χ4v) is 1.55. The molecule has 3 nitrogen and oxygen atoms in total. The van der Waals surface area contributed by atoms with E-state index in [1.807, 2.05) is 32.9 Å². The molecule has 0 saturated carbocycles. The number of pyridine rings is 1. The van der Waals surface area contributed by atoms with E-state index in [1.165, 1.54) is 0 Å². The maximum atomic E-state index is 6.01. The van der Waals surface area contributed by atoms with E-state index in [4.69, 9.17) is 16.0 Å². The van der Waals surface area contributed by atoms with Crippen molar-refractivity contribution < 1.29 is 4.42 Å². The van der Waals surface area contributed by atoms with Gasteiger partial charge >= 0.3 is 0 Å². The maximum Gasteiger partial charge on any atom is 0.229 e. The van der Waals surface area contributed by atoms with E-state index in [9.17, 15) is 0 Å². The highest BCUT2D eigenvalue weighted by Crippen LogP contribution is 2.27. The first kappa shape index (κ1) is 10.2. The third-order valence-corrected chi connectivity index (χ3v) is 2.54. The molecule has 0 radical (unpaired) electrons. The van der Waals surface area contributed by atoms with E-state index >= 15 is 0 Å². The van der Waals surface area contributed by atoms with Gasteiger partial charge in [-0.3, -0.25) is 0 Å². The molecule has 2 aromatic heterocycles. The first-order valence-corrected chi connectivity index (χ1v) is 5.03. The highest BCUT2D eigenvalue weighted by molar-refractivity contribution is 6.31. The topological polar surface area (TPSA) is 38.9 Å². The Labute approximate surface area is 93.1 Å². The zero-order valence-electron chi connectivity index (χ0n) is 8.84. The van der Waals surface area contributed by atoms with Crippen LogP contribution in [0.1, 0.15) is 17.1 Å². The average Bonchev–Trinajstić information content (AvgIpc) is 2.46. The smallest absolute Gasteiger partial charge is 0.229 e. The number of hydrogen-bond acceptors (Lipinski definition) is 3. The van der Waals surface area contributed by atoms with Crippen molar-refractivity contribution in [1.82, 2.24) is 9.97 Å². The summed E-state index contributed by atoms with van der Waals surface area (Å²) in [6.07, 6.45) is 0. The Hall–Kier alpha value is -1.35. The zero-order valence-corrected chi connectivity index (χ0v) is 9.59. The molecule has 0 aliphatic carbocycles. The number of rotatable bonds is 1. The zero-order chi connectivity index (χ0) is 11.0. The molecule has 2 heterocycles. The Balaban J connectivity index is 2.54. The van der Waals surface area contributed by atoms with Gasteiger partial charge in [0.25, 0.3) is 0 Å². The maximum absolute atomic E-state index is 6.01. The van der Waals surface area contributed by atoms with Crippen LogP contribution < -0.4 is 0 Å². The van der Waals surface area contributed by atoms with Gasteiger partial charge in [-0.1, -0.05) is 11.6 Å². The monoisotopic (exact) mass is 222 g/mol. The molecule has 0 saturated heterocycles. The van der Waals surface area contributed by atoms with Gasteiger partial charge in [-0.25, -0.2) is 9.97 Å². The Bertz CT molecular complexity index is 486. The molecule has 0 atom stereocenters. The van der Waals surface area contributed by atoms with Crippen LogP contribution in [0, 0.1) is 20.8 Å². The van der Waals surface area contributed by atoms with E-state index in [0.29, 0.717) is 11.0 Å². The summed E-state index contributed by atoms with van der Waals surface area (Å²) >= 11 is 6.01. The van der Waals surface area contributed by atoms with Crippen LogP contribution in [-0.4, -0.2) is 9.97 Å². The van der Waals surface area contributed by atoms with Gasteiger partial charge in [-0.15, -0.1) is 0 Å². The lowest BCUT2D eigenvalue weighted by Gasteiger charge is -1.99. The molecule has 78 valence electrons. The fourth-order valence-electron chi connectivity index (χ4n) is 1.27. The minimum Gasteiger partial charge on any atom is -0.441 e. The second kappa shape index (κ2) is 3.66. The third kappa shape index (κ3) is 1.88. The van der Waals surface area contributed by atoms with Crippen LogP contribution in [0.25, 0.3) is 11.5 Å². The molecule has 4 heteroatoms. The molecule has 0 unspecified atom stereocenters. The highest BCUT2D eigenvalue weighted by Gasteiger charge is 2.12. The number of halogens is 1. The summed E-state index contributed by atoms with van der Waals surface area (Å²) in [7, 11) is 0. The summed E-state index contributed by atoms with van der Waals surface area (Å²) in [5.74, 6) is 1.34. The lowest BCUT2D eigenvalue weighted by atomic mass is 10.2. The van der Waals surface area contributed by atoms with Gasteiger partial charge in [0.15, 0.2) is 0 Å². The second-order valence-electron chi connectivity index (χ2n) is 3.45. The molecule has 0 amide bonds. The van der Waals surface area contributed by atoms with Crippen molar-refractivity contribution in [3.05, 3.63) is 34.4 Å². The predicted molar refractivity (Wildman–Crippen MR) is 59.0 cm³/mol. The quantitative estimate of drug-likeness (QED) is 0.695. The number of nitrogens with zero attached hydrogens (tertiary/aromatic N) is 2. The summed E-state index contributed by atoms with van der Waals surface area (Å²) in [6, 6.07) is 3.76. The SMILES string of the molecule is Cc1ccc(-c2nc(C)c(C)o2)c(Cl)n1. The lowest BCUT2D eigenvalue weighted by Crippen LogP contribution is -1.86. The van der Waals surface area contributed by atoms with Gasteiger partial charge in [0.1, 0.15) is 10.9 Å².